The van der Waals surface area contributed by atoms with Gasteiger partial charge in [0.05, 0.1) is 22.7 Å². The van der Waals surface area contributed by atoms with Crippen LogP contribution in [0.2, 0.25) is 0 Å². The number of morpholine rings is 1. The van der Waals surface area contributed by atoms with E-state index in [0.29, 0.717) is 30.6 Å². The number of nitro groups is 1. The molecule has 2 saturated heterocycles. The monoisotopic (exact) mass is 433 g/mol. The molecule has 0 bridgehead atoms. The molecule has 1 amide bonds. The number of rotatable bonds is 5. The molecular weight excluding hydrogens is 402 g/mol. The van der Waals surface area contributed by atoms with Gasteiger partial charge in [0.25, 0.3) is 11.6 Å². The molecule has 0 radical (unpaired) electrons. The topological polar surface area (TPSA) is 102 Å². The Hall–Kier alpha value is -2.68. The predicted molar refractivity (Wildman–Crippen MR) is 115 cm³/mol. The van der Waals surface area contributed by atoms with E-state index in [0.717, 1.165) is 19.5 Å². The zero-order chi connectivity index (χ0) is 22.7. The van der Waals surface area contributed by atoms with E-state index in [-0.39, 0.29) is 29.4 Å². The number of ether oxygens (including phenoxy) is 2. The van der Waals surface area contributed by atoms with Gasteiger partial charge in [0.1, 0.15) is 5.69 Å². The number of piperidine rings is 1. The van der Waals surface area contributed by atoms with Crippen LogP contribution in [0.5, 0.6) is 0 Å². The van der Waals surface area contributed by atoms with Crippen molar-refractivity contribution >= 4 is 23.3 Å². The van der Waals surface area contributed by atoms with Gasteiger partial charge < -0.3 is 19.3 Å². The molecule has 0 aromatic heterocycles. The van der Waals surface area contributed by atoms with Crippen LogP contribution in [0, 0.1) is 22.0 Å². The summed E-state index contributed by atoms with van der Waals surface area (Å²) < 4.78 is 10.8. The fourth-order valence-corrected chi connectivity index (χ4v) is 4.61. The van der Waals surface area contributed by atoms with Gasteiger partial charge in [-0.1, -0.05) is 13.8 Å². The zero-order valence-corrected chi connectivity index (χ0v) is 18.6. The molecule has 0 saturated carbocycles. The number of hydrogen-bond donors (Lipinski definition) is 0. The normalized spacial score (nSPS) is 26.5. The minimum atomic E-state index is -0.752. The Morgan fingerprint density at radius 1 is 1.10 bits per heavy atom. The molecule has 2 fully saturated rings. The number of amides is 1. The Morgan fingerprint density at radius 3 is 2.29 bits per heavy atom. The average molecular weight is 434 g/mol. The van der Waals surface area contributed by atoms with Crippen LogP contribution < -0.4 is 4.90 Å². The molecule has 9 heteroatoms. The third-order valence-corrected chi connectivity index (χ3v) is 5.72. The quantitative estimate of drug-likeness (QED) is 0.400. The summed E-state index contributed by atoms with van der Waals surface area (Å²) in [6, 6.07) is 4.37. The van der Waals surface area contributed by atoms with Crippen molar-refractivity contribution in [2.45, 2.75) is 46.3 Å². The molecule has 1 aromatic carbocycles. The smallest absolute Gasteiger partial charge is 0.338 e. The van der Waals surface area contributed by atoms with E-state index >= 15 is 0 Å². The number of nitro benzene ring substituents is 1. The molecule has 0 spiro atoms. The molecule has 31 heavy (non-hydrogen) atoms. The largest absolute Gasteiger partial charge is 0.452 e. The first-order valence-corrected chi connectivity index (χ1v) is 10.8. The highest BCUT2D eigenvalue weighted by Crippen LogP contribution is 2.34. The van der Waals surface area contributed by atoms with E-state index in [4.69, 9.17) is 9.47 Å². The van der Waals surface area contributed by atoms with Crippen molar-refractivity contribution in [3.63, 3.8) is 0 Å². The molecule has 4 unspecified atom stereocenters. The second-order valence-electron chi connectivity index (χ2n) is 8.94. The summed E-state index contributed by atoms with van der Waals surface area (Å²) in [4.78, 5) is 39.7. The Labute approximate surface area is 182 Å². The van der Waals surface area contributed by atoms with Crippen LogP contribution in [-0.2, 0) is 14.3 Å². The van der Waals surface area contributed by atoms with Gasteiger partial charge in [0.2, 0.25) is 0 Å². The number of carbonyl (C=O) groups excluding carboxylic acids is 2. The molecule has 0 N–H and O–H groups in total. The van der Waals surface area contributed by atoms with E-state index in [9.17, 15) is 19.7 Å². The molecule has 4 atom stereocenters. The number of benzene rings is 1. The molecule has 9 nitrogen and oxygen atoms in total. The standard InChI is InChI=1S/C22H31N3O6/c1-14-7-15(2)10-23(9-14)19-6-5-18(8-20(19)25(28)29)22(27)30-13-21(26)24-11-16(3)31-17(4)12-24/h5-6,8,14-17H,7,9-13H2,1-4H3. The summed E-state index contributed by atoms with van der Waals surface area (Å²) in [5.41, 5.74) is 0.440. The van der Waals surface area contributed by atoms with Crippen molar-refractivity contribution in [2.75, 3.05) is 37.7 Å². The molecule has 2 heterocycles. The Bertz CT molecular complexity index is 825. The lowest BCUT2D eigenvalue weighted by Crippen LogP contribution is -2.49. The number of anilines is 1. The molecule has 170 valence electrons. The van der Waals surface area contributed by atoms with Crippen molar-refractivity contribution in [3.8, 4) is 0 Å². The zero-order valence-electron chi connectivity index (χ0n) is 18.6. The van der Waals surface area contributed by atoms with Crippen molar-refractivity contribution in [1.29, 1.82) is 0 Å². The third-order valence-electron chi connectivity index (χ3n) is 5.72. The van der Waals surface area contributed by atoms with Crippen LogP contribution in [0.1, 0.15) is 44.5 Å². The molecular formula is C22H31N3O6. The van der Waals surface area contributed by atoms with Gasteiger partial charge in [-0.2, -0.15) is 0 Å². The Kier molecular flexibility index (Phi) is 7.15. The van der Waals surface area contributed by atoms with Gasteiger partial charge in [0, 0.05) is 32.2 Å². The maximum absolute atomic E-state index is 12.5. The lowest BCUT2D eigenvalue weighted by molar-refractivity contribution is -0.384. The first-order chi connectivity index (χ1) is 14.6. The van der Waals surface area contributed by atoms with Gasteiger partial charge in [-0.3, -0.25) is 14.9 Å². The van der Waals surface area contributed by atoms with E-state index in [2.05, 4.69) is 13.8 Å². The van der Waals surface area contributed by atoms with Crippen molar-refractivity contribution in [1.82, 2.24) is 4.90 Å². The highest BCUT2D eigenvalue weighted by atomic mass is 16.6. The first-order valence-electron chi connectivity index (χ1n) is 10.8. The molecule has 0 aliphatic carbocycles. The number of nitrogens with zero attached hydrogens (tertiary/aromatic N) is 3. The molecule has 2 aliphatic rings. The third kappa shape index (κ3) is 5.72. The maximum Gasteiger partial charge on any atom is 0.338 e. The van der Waals surface area contributed by atoms with Crippen molar-refractivity contribution < 1.29 is 24.0 Å². The summed E-state index contributed by atoms with van der Waals surface area (Å²) in [5.74, 6) is -0.190. The number of hydrogen-bond acceptors (Lipinski definition) is 7. The van der Waals surface area contributed by atoms with E-state index in [1.54, 1.807) is 11.0 Å². The number of esters is 1. The lowest BCUT2D eigenvalue weighted by atomic mass is 9.91. The summed E-state index contributed by atoms with van der Waals surface area (Å²) >= 11 is 0. The first kappa shape index (κ1) is 23.0. The maximum atomic E-state index is 12.5. The van der Waals surface area contributed by atoms with Gasteiger partial charge in [-0.05, 0) is 44.2 Å². The molecule has 1 aromatic rings. The van der Waals surface area contributed by atoms with Crippen LogP contribution in [-0.4, -0.2) is 66.7 Å². The van der Waals surface area contributed by atoms with E-state index in [1.165, 1.54) is 12.1 Å². The molecule has 2 aliphatic heterocycles. The molecule has 3 rings (SSSR count). The van der Waals surface area contributed by atoms with Crippen LogP contribution in [0.15, 0.2) is 18.2 Å². The second kappa shape index (κ2) is 9.64. The van der Waals surface area contributed by atoms with Gasteiger partial charge in [0.15, 0.2) is 6.61 Å². The minimum absolute atomic E-state index is 0.0602. The fourth-order valence-electron chi connectivity index (χ4n) is 4.61. The highest BCUT2D eigenvalue weighted by molar-refractivity contribution is 5.93. The van der Waals surface area contributed by atoms with Crippen LogP contribution in [0.3, 0.4) is 0 Å². The van der Waals surface area contributed by atoms with E-state index < -0.39 is 17.5 Å². The lowest BCUT2D eigenvalue weighted by Gasteiger charge is -2.36. The predicted octanol–water partition coefficient (Wildman–Crippen LogP) is 2.87. The fraction of sp³-hybridized carbons (Fsp3) is 0.636. The summed E-state index contributed by atoms with van der Waals surface area (Å²) in [6.07, 6.45) is 0.918. The number of carbonyl (C=O) groups is 2. The average Bonchev–Trinajstić information content (AvgIpc) is 2.69. The van der Waals surface area contributed by atoms with Gasteiger partial charge in [-0.15, -0.1) is 0 Å². The highest BCUT2D eigenvalue weighted by Gasteiger charge is 2.29. The summed E-state index contributed by atoms with van der Waals surface area (Å²) in [5, 5.41) is 11.7. The van der Waals surface area contributed by atoms with Crippen LogP contribution in [0.25, 0.3) is 0 Å². The van der Waals surface area contributed by atoms with Crippen LogP contribution >= 0.6 is 0 Å². The van der Waals surface area contributed by atoms with E-state index in [1.807, 2.05) is 18.7 Å². The summed E-state index contributed by atoms with van der Waals surface area (Å²) in [6.45, 7) is 9.97. The Morgan fingerprint density at radius 2 is 1.71 bits per heavy atom. The minimum Gasteiger partial charge on any atom is -0.452 e. The Balaban J connectivity index is 1.68. The SMILES string of the molecule is CC1CC(C)CN(c2ccc(C(=O)OCC(=O)N3CC(C)OC(C)C3)cc2[N+](=O)[O-])C1. The summed E-state index contributed by atoms with van der Waals surface area (Å²) in [7, 11) is 0. The van der Waals surface area contributed by atoms with Gasteiger partial charge in [-0.25, -0.2) is 4.79 Å². The second-order valence-corrected chi connectivity index (χ2v) is 8.94. The van der Waals surface area contributed by atoms with Gasteiger partial charge >= 0.3 is 5.97 Å². The van der Waals surface area contributed by atoms with Crippen molar-refractivity contribution in [2.24, 2.45) is 11.8 Å². The van der Waals surface area contributed by atoms with Crippen LogP contribution in [0.4, 0.5) is 11.4 Å². The van der Waals surface area contributed by atoms with Crippen molar-refractivity contribution in [3.05, 3.63) is 33.9 Å².